The fourth-order valence-corrected chi connectivity index (χ4v) is 4.02. The lowest BCUT2D eigenvalue weighted by molar-refractivity contribution is 0.258. The van der Waals surface area contributed by atoms with Crippen LogP contribution in [0.25, 0.3) is 22.0 Å². The molecule has 1 unspecified atom stereocenters. The summed E-state index contributed by atoms with van der Waals surface area (Å²) >= 11 is 6.13. The van der Waals surface area contributed by atoms with E-state index in [9.17, 15) is 4.79 Å². The first-order valence-electron chi connectivity index (χ1n) is 9.56. The van der Waals surface area contributed by atoms with Crippen LogP contribution in [0.3, 0.4) is 0 Å². The Morgan fingerprint density at radius 1 is 1.13 bits per heavy atom. The quantitative estimate of drug-likeness (QED) is 0.533. The lowest BCUT2D eigenvalue weighted by Crippen LogP contribution is -2.24. The van der Waals surface area contributed by atoms with Gasteiger partial charge in [-0.3, -0.25) is 9.78 Å². The number of fused-ring (bicyclic) bond motifs is 2. The van der Waals surface area contributed by atoms with Crippen molar-refractivity contribution < 1.29 is 9.47 Å². The van der Waals surface area contributed by atoms with Crippen molar-refractivity contribution in [2.75, 3.05) is 13.7 Å². The molecule has 0 amide bonds. The van der Waals surface area contributed by atoms with Gasteiger partial charge in [-0.15, -0.1) is 0 Å². The van der Waals surface area contributed by atoms with Crippen LogP contribution in [0.15, 0.2) is 59.7 Å². The second-order valence-corrected chi connectivity index (χ2v) is 7.66. The summed E-state index contributed by atoms with van der Waals surface area (Å²) in [5.41, 5.74) is 3.14. The van der Waals surface area contributed by atoms with E-state index < -0.39 is 0 Å². The third-order valence-electron chi connectivity index (χ3n) is 5.34. The van der Waals surface area contributed by atoms with Crippen LogP contribution in [0, 0.1) is 0 Å². The maximum atomic E-state index is 13.0. The van der Waals surface area contributed by atoms with Gasteiger partial charge in [0.05, 0.1) is 25.0 Å². The lowest BCUT2D eigenvalue weighted by Gasteiger charge is -2.25. The van der Waals surface area contributed by atoms with Crippen LogP contribution in [0.4, 0.5) is 0 Å². The summed E-state index contributed by atoms with van der Waals surface area (Å²) in [4.78, 5) is 24.7. The predicted octanol–water partition coefficient (Wildman–Crippen LogP) is 4.37. The molecule has 2 aromatic heterocycles. The Kier molecular flexibility index (Phi) is 4.64. The van der Waals surface area contributed by atoms with Gasteiger partial charge in [0.25, 0.3) is 5.56 Å². The first-order valence-corrected chi connectivity index (χ1v) is 9.94. The van der Waals surface area contributed by atoms with E-state index in [0.717, 1.165) is 22.4 Å². The molecule has 5 rings (SSSR count). The number of rotatable bonds is 3. The summed E-state index contributed by atoms with van der Waals surface area (Å²) in [6, 6.07) is 13.1. The fourth-order valence-electron chi connectivity index (χ4n) is 3.83. The summed E-state index contributed by atoms with van der Waals surface area (Å²) in [6.45, 7) is 0.431. The minimum atomic E-state index is -0.207. The van der Waals surface area contributed by atoms with Gasteiger partial charge in [-0.1, -0.05) is 11.6 Å². The second-order valence-electron chi connectivity index (χ2n) is 7.23. The number of H-pyrrole nitrogens is 1. The van der Waals surface area contributed by atoms with Gasteiger partial charge < -0.3 is 14.5 Å². The minimum absolute atomic E-state index is 0.0855. The number of aromatic amines is 1. The molecule has 1 N–H and O–H groups in total. The molecular formula is C23H18ClN3O3. The number of hydrogen-bond acceptors (Lipinski definition) is 5. The summed E-state index contributed by atoms with van der Waals surface area (Å²) in [7, 11) is 1.58. The average Bonchev–Trinajstić information content (AvgIpc) is 2.78. The van der Waals surface area contributed by atoms with Gasteiger partial charge in [-0.05, 0) is 65.6 Å². The number of nitrogens with zero attached hydrogens (tertiary/aromatic N) is 2. The standard InChI is InChI=1S/C23H18ClN3O3/c1-29-20-11-14(13-4-6-25-7-5-13)10-18-21(20)26-22(27-23(18)28)16-8-15-9-17(24)2-3-19(15)30-12-16/h2-7,9-11,16H,8,12H2,1H3,(H,26,27,28). The molecule has 7 heteroatoms. The van der Waals surface area contributed by atoms with Crippen LogP contribution in [0.1, 0.15) is 17.3 Å². The normalized spacial score (nSPS) is 15.5. The molecule has 0 fully saturated rings. The van der Waals surface area contributed by atoms with Crippen molar-refractivity contribution in [1.29, 1.82) is 0 Å². The first kappa shape index (κ1) is 18.6. The number of methoxy groups -OCH3 is 1. The predicted molar refractivity (Wildman–Crippen MR) is 116 cm³/mol. The highest BCUT2D eigenvalue weighted by Crippen LogP contribution is 2.34. The monoisotopic (exact) mass is 419 g/mol. The Hall–Kier alpha value is -3.38. The summed E-state index contributed by atoms with van der Waals surface area (Å²) in [6.07, 6.45) is 4.11. The van der Waals surface area contributed by atoms with Gasteiger partial charge in [0, 0.05) is 17.4 Å². The Morgan fingerprint density at radius 3 is 2.77 bits per heavy atom. The molecule has 1 aliphatic heterocycles. The van der Waals surface area contributed by atoms with Crippen molar-refractivity contribution >= 4 is 22.5 Å². The maximum absolute atomic E-state index is 13.0. The smallest absolute Gasteiger partial charge is 0.258 e. The molecule has 2 aromatic carbocycles. The third kappa shape index (κ3) is 3.29. The molecule has 0 saturated heterocycles. The van der Waals surface area contributed by atoms with E-state index in [1.165, 1.54) is 0 Å². The van der Waals surface area contributed by atoms with Crippen molar-refractivity contribution in [2.24, 2.45) is 0 Å². The summed E-state index contributed by atoms with van der Waals surface area (Å²) < 4.78 is 11.5. The average molecular weight is 420 g/mol. The van der Waals surface area contributed by atoms with E-state index in [4.69, 9.17) is 26.1 Å². The topological polar surface area (TPSA) is 77.1 Å². The number of aromatic nitrogens is 3. The molecule has 0 spiro atoms. The van der Waals surface area contributed by atoms with Crippen LogP contribution < -0.4 is 15.0 Å². The fraction of sp³-hybridized carbons (Fsp3) is 0.174. The molecule has 6 nitrogen and oxygen atoms in total. The minimum Gasteiger partial charge on any atom is -0.494 e. The van der Waals surface area contributed by atoms with Gasteiger partial charge in [0.1, 0.15) is 22.8 Å². The lowest BCUT2D eigenvalue weighted by atomic mass is 9.95. The number of nitrogens with one attached hydrogen (secondary N) is 1. The highest BCUT2D eigenvalue weighted by atomic mass is 35.5. The molecule has 0 bridgehead atoms. The van der Waals surface area contributed by atoms with Crippen molar-refractivity contribution in [3.05, 3.63) is 81.6 Å². The molecule has 0 saturated carbocycles. The number of benzene rings is 2. The SMILES string of the molecule is COc1cc(-c2ccncc2)cc2c(=O)[nH]c(C3COc4ccc(Cl)cc4C3)nc12. The Bertz CT molecular complexity index is 1300. The molecule has 3 heterocycles. The molecule has 1 atom stereocenters. The highest BCUT2D eigenvalue weighted by Gasteiger charge is 2.25. The molecular weight excluding hydrogens is 402 g/mol. The van der Waals surface area contributed by atoms with E-state index in [1.807, 2.05) is 42.5 Å². The van der Waals surface area contributed by atoms with Gasteiger partial charge in [0.15, 0.2) is 0 Å². The molecule has 1 aliphatic rings. The third-order valence-corrected chi connectivity index (χ3v) is 5.58. The molecule has 4 aromatic rings. The van der Waals surface area contributed by atoms with E-state index in [1.54, 1.807) is 19.5 Å². The van der Waals surface area contributed by atoms with E-state index in [-0.39, 0.29) is 11.5 Å². The molecule has 30 heavy (non-hydrogen) atoms. The molecule has 0 radical (unpaired) electrons. The second kappa shape index (κ2) is 7.46. The number of hydrogen-bond donors (Lipinski definition) is 1. The Balaban J connectivity index is 1.60. The highest BCUT2D eigenvalue weighted by molar-refractivity contribution is 6.30. The zero-order chi connectivity index (χ0) is 20.7. The van der Waals surface area contributed by atoms with Crippen molar-refractivity contribution in [1.82, 2.24) is 15.0 Å². The Labute approximate surface area is 177 Å². The van der Waals surface area contributed by atoms with Gasteiger partial charge >= 0.3 is 0 Å². The van der Waals surface area contributed by atoms with Crippen LogP contribution >= 0.6 is 11.6 Å². The van der Waals surface area contributed by atoms with Crippen LogP contribution in [0.2, 0.25) is 5.02 Å². The first-order chi connectivity index (χ1) is 14.6. The largest absolute Gasteiger partial charge is 0.494 e. The number of halogens is 1. The van der Waals surface area contributed by atoms with Crippen molar-refractivity contribution in [3.63, 3.8) is 0 Å². The number of ether oxygens (including phenoxy) is 2. The van der Waals surface area contributed by atoms with E-state index in [2.05, 4.69) is 9.97 Å². The van der Waals surface area contributed by atoms with Gasteiger partial charge in [0.2, 0.25) is 0 Å². The van der Waals surface area contributed by atoms with Gasteiger partial charge in [-0.25, -0.2) is 4.98 Å². The van der Waals surface area contributed by atoms with Crippen molar-refractivity contribution in [3.8, 4) is 22.6 Å². The van der Waals surface area contributed by atoms with Crippen LogP contribution in [-0.4, -0.2) is 28.7 Å². The molecule has 0 aliphatic carbocycles. The van der Waals surface area contributed by atoms with Crippen LogP contribution in [-0.2, 0) is 6.42 Å². The van der Waals surface area contributed by atoms with E-state index >= 15 is 0 Å². The zero-order valence-electron chi connectivity index (χ0n) is 16.2. The van der Waals surface area contributed by atoms with Crippen molar-refractivity contribution in [2.45, 2.75) is 12.3 Å². The summed E-state index contributed by atoms with van der Waals surface area (Å²) in [5.74, 6) is 1.86. The maximum Gasteiger partial charge on any atom is 0.258 e. The Morgan fingerprint density at radius 2 is 1.97 bits per heavy atom. The zero-order valence-corrected chi connectivity index (χ0v) is 16.9. The summed E-state index contributed by atoms with van der Waals surface area (Å²) in [5, 5.41) is 1.13. The number of pyridine rings is 1. The van der Waals surface area contributed by atoms with E-state index in [0.29, 0.717) is 40.5 Å². The van der Waals surface area contributed by atoms with Gasteiger partial charge in [-0.2, -0.15) is 0 Å². The molecule has 150 valence electrons. The van der Waals surface area contributed by atoms with Crippen LogP contribution in [0.5, 0.6) is 11.5 Å².